The van der Waals surface area contributed by atoms with Crippen LogP contribution in [0.15, 0.2) is 18.5 Å². The largest absolute Gasteiger partial charge is 0.335 e. The zero-order chi connectivity index (χ0) is 6.24. The molecule has 4 nitrogen and oxygen atoms in total. The lowest BCUT2D eigenvalue weighted by Crippen LogP contribution is -1.53. The molecule has 0 amide bonds. The van der Waals surface area contributed by atoms with Crippen LogP contribution >= 0.6 is 0 Å². The first-order valence-corrected chi connectivity index (χ1v) is 2.44. The molecule has 44 valence electrons. The normalized spacial score (nSPS) is 6.50. The van der Waals surface area contributed by atoms with Crippen molar-refractivity contribution in [2.75, 3.05) is 0 Å². The van der Waals surface area contributed by atoms with Crippen molar-refractivity contribution in [1.29, 1.82) is 0 Å². The molecule has 0 saturated heterocycles. The quantitative estimate of drug-likeness (QED) is 0.529. The van der Waals surface area contributed by atoms with E-state index in [1.165, 1.54) is 0 Å². The predicted molar refractivity (Wildman–Crippen MR) is 27.5 cm³/mol. The van der Waals surface area contributed by atoms with Crippen molar-refractivity contribution in [3.63, 3.8) is 0 Å². The molecule has 0 atom stereocenters. The number of nitrogens with zero attached hydrogens (tertiary/aromatic N) is 1. The highest BCUT2D eigenvalue weighted by Gasteiger charge is 1.56. The molecule has 1 N–H and O–H groups in total. The van der Waals surface area contributed by atoms with E-state index >= 15 is 0 Å². The van der Waals surface area contributed by atoms with Gasteiger partial charge in [0.25, 0.3) is 0 Å². The van der Waals surface area contributed by atoms with Crippen LogP contribution in [0.1, 0.15) is 0 Å². The minimum atomic E-state index is -0.750. The lowest BCUT2D eigenvalue weighted by atomic mass is 10.8. The molecule has 0 fully saturated rings. The third kappa shape index (κ3) is 5.03. The summed E-state index contributed by atoms with van der Waals surface area (Å²) < 4.78 is 16.6. The van der Waals surface area contributed by atoms with Crippen molar-refractivity contribution in [1.82, 2.24) is 10.2 Å². The Morgan fingerprint density at radius 2 is 2.12 bits per heavy atom. The molecule has 5 heteroatoms. The lowest BCUT2D eigenvalue weighted by Gasteiger charge is -1.49. The molecule has 0 aliphatic rings. The Balaban J connectivity index is 0.000000145. The SMILES string of the molecule is O=S=O.c1cn[nH]c1. The van der Waals surface area contributed by atoms with Crippen LogP contribution in [0.5, 0.6) is 0 Å². The molecule has 1 aromatic heterocycles. The third-order valence-corrected chi connectivity index (χ3v) is 0.406. The fraction of sp³-hybridized carbons (Fsp3) is 0. The van der Waals surface area contributed by atoms with E-state index < -0.39 is 11.6 Å². The van der Waals surface area contributed by atoms with E-state index in [0.29, 0.717) is 0 Å². The van der Waals surface area contributed by atoms with E-state index in [4.69, 9.17) is 8.42 Å². The van der Waals surface area contributed by atoms with Crippen LogP contribution in [-0.4, -0.2) is 18.6 Å². The van der Waals surface area contributed by atoms with E-state index in [9.17, 15) is 0 Å². The molecule has 1 aromatic rings. The van der Waals surface area contributed by atoms with Crippen molar-refractivity contribution in [3.05, 3.63) is 18.5 Å². The summed E-state index contributed by atoms with van der Waals surface area (Å²) >= 11 is -0.750. The molecule has 1 heterocycles. The van der Waals surface area contributed by atoms with Crippen LogP contribution in [0.25, 0.3) is 0 Å². The van der Waals surface area contributed by atoms with Gasteiger partial charge in [0, 0.05) is 12.4 Å². The molecule has 1 rings (SSSR count). The Kier molecular flexibility index (Phi) is 5.30. The summed E-state index contributed by atoms with van der Waals surface area (Å²) in [5, 5.41) is 6.21. The van der Waals surface area contributed by atoms with Crippen molar-refractivity contribution >= 4 is 11.6 Å². The number of rotatable bonds is 0. The summed E-state index contributed by atoms with van der Waals surface area (Å²) in [7, 11) is 0. The fourth-order valence-electron chi connectivity index (χ4n) is 0.215. The summed E-state index contributed by atoms with van der Waals surface area (Å²) in [6.45, 7) is 0. The summed E-state index contributed by atoms with van der Waals surface area (Å²) in [5.74, 6) is 0. The fourth-order valence-corrected chi connectivity index (χ4v) is 0.215. The van der Waals surface area contributed by atoms with Gasteiger partial charge in [-0.3, -0.25) is 5.10 Å². The van der Waals surface area contributed by atoms with Crippen LogP contribution in [0, 0.1) is 0 Å². The van der Waals surface area contributed by atoms with E-state index in [1.54, 1.807) is 12.4 Å². The van der Waals surface area contributed by atoms with Crippen molar-refractivity contribution in [2.45, 2.75) is 0 Å². The molecular formula is C3H4N2O2S. The Morgan fingerprint density at radius 1 is 1.50 bits per heavy atom. The van der Waals surface area contributed by atoms with Crippen molar-refractivity contribution in [2.24, 2.45) is 0 Å². The zero-order valence-corrected chi connectivity index (χ0v) is 4.72. The highest BCUT2D eigenvalue weighted by molar-refractivity contribution is 7.51. The summed E-state index contributed by atoms with van der Waals surface area (Å²) in [5.41, 5.74) is 0. The van der Waals surface area contributed by atoms with Gasteiger partial charge < -0.3 is 0 Å². The maximum atomic E-state index is 8.29. The number of hydrogen-bond donors (Lipinski definition) is 1. The third-order valence-electron chi connectivity index (χ3n) is 0.406. The van der Waals surface area contributed by atoms with Gasteiger partial charge >= 0.3 is 11.6 Å². The molecular weight excluding hydrogens is 128 g/mol. The molecule has 0 aromatic carbocycles. The van der Waals surface area contributed by atoms with Crippen LogP contribution in [0.2, 0.25) is 0 Å². The molecule has 8 heavy (non-hydrogen) atoms. The number of nitrogens with one attached hydrogen (secondary N) is 1. The number of H-pyrrole nitrogens is 1. The summed E-state index contributed by atoms with van der Waals surface area (Å²) in [4.78, 5) is 0. The highest BCUT2D eigenvalue weighted by atomic mass is 32.1. The lowest BCUT2D eigenvalue weighted by molar-refractivity contribution is 0.630. The average Bonchev–Trinajstić information content (AvgIpc) is 2.17. The average molecular weight is 132 g/mol. The predicted octanol–water partition coefficient (Wildman–Crippen LogP) is -0.261. The smallest absolute Gasteiger partial charge is 0.286 e. The Morgan fingerprint density at radius 3 is 2.25 bits per heavy atom. The first kappa shape index (κ1) is 7.03. The molecule has 0 unspecified atom stereocenters. The molecule has 0 bridgehead atoms. The van der Waals surface area contributed by atoms with Crippen molar-refractivity contribution < 1.29 is 8.42 Å². The van der Waals surface area contributed by atoms with Gasteiger partial charge in [-0.2, -0.15) is 13.5 Å². The van der Waals surface area contributed by atoms with Gasteiger partial charge in [0.2, 0.25) is 0 Å². The molecule has 0 spiro atoms. The zero-order valence-electron chi connectivity index (χ0n) is 3.90. The Labute approximate surface area is 49.5 Å². The van der Waals surface area contributed by atoms with Crippen LogP contribution in [0.4, 0.5) is 0 Å². The monoisotopic (exact) mass is 132 g/mol. The van der Waals surface area contributed by atoms with E-state index in [0.717, 1.165) is 0 Å². The first-order chi connectivity index (χ1) is 3.91. The number of hydrogen-bond acceptors (Lipinski definition) is 3. The first-order valence-electron chi connectivity index (χ1n) is 1.77. The van der Waals surface area contributed by atoms with Crippen LogP contribution in [-0.2, 0) is 11.6 Å². The van der Waals surface area contributed by atoms with E-state index in [2.05, 4.69) is 10.2 Å². The van der Waals surface area contributed by atoms with Gasteiger partial charge in [-0.05, 0) is 6.07 Å². The van der Waals surface area contributed by atoms with Crippen LogP contribution < -0.4 is 0 Å². The molecule has 0 radical (unpaired) electrons. The highest BCUT2D eigenvalue weighted by Crippen LogP contribution is 1.64. The second kappa shape index (κ2) is 6.03. The molecule has 0 saturated carbocycles. The van der Waals surface area contributed by atoms with Crippen LogP contribution in [0.3, 0.4) is 0 Å². The van der Waals surface area contributed by atoms with Gasteiger partial charge in [0.05, 0.1) is 0 Å². The number of aromatic amines is 1. The van der Waals surface area contributed by atoms with E-state index in [-0.39, 0.29) is 0 Å². The van der Waals surface area contributed by atoms with Crippen molar-refractivity contribution in [3.8, 4) is 0 Å². The van der Waals surface area contributed by atoms with Gasteiger partial charge in [0.15, 0.2) is 0 Å². The maximum absolute atomic E-state index is 8.29. The standard InChI is InChI=1S/C3H4N2.O2S/c1-2-4-5-3-1;1-3-2/h1-3H,(H,4,5);. The Bertz CT molecular complexity index is 127. The topological polar surface area (TPSA) is 62.8 Å². The minimum absolute atomic E-state index is 0.750. The summed E-state index contributed by atoms with van der Waals surface area (Å²) in [6.07, 6.45) is 3.46. The van der Waals surface area contributed by atoms with Gasteiger partial charge in [-0.1, -0.05) is 0 Å². The Hall–Kier alpha value is -0.970. The van der Waals surface area contributed by atoms with Gasteiger partial charge in [0.1, 0.15) is 0 Å². The van der Waals surface area contributed by atoms with Gasteiger partial charge in [-0.25, -0.2) is 0 Å². The second-order valence-corrected chi connectivity index (χ2v) is 0.971. The molecule has 0 aliphatic heterocycles. The summed E-state index contributed by atoms with van der Waals surface area (Å²) in [6, 6.07) is 1.83. The van der Waals surface area contributed by atoms with Gasteiger partial charge in [-0.15, -0.1) is 0 Å². The number of aromatic nitrogens is 2. The van der Waals surface area contributed by atoms with E-state index in [1.807, 2.05) is 6.07 Å². The minimum Gasteiger partial charge on any atom is -0.286 e. The maximum Gasteiger partial charge on any atom is 0.335 e. The second-order valence-electron chi connectivity index (χ2n) is 0.834. The molecule has 0 aliphatic carbocycles.